The van der Waals surface area contributed by atoms with Crippen molar-refractivity contribution in [3.63, 3.8) is 0 Å². The first-order valence-corrected chi connectivity index (χ1v) is 8.93. The van der Waals surface area contributed by atoms with Crippen LogP contribution in [0.25, 0.3) is 0 Å². The van der Waals surface area contributed by atoms with Gasteiger partial charge in [0, 0.05) is 15.6 Å². The summed E-state index contributed by atoms with van der Waals surface area (Å²) in [5, 5.41) is 6.40. The Hall–Kier alpha value is -3.07. The van der Waals surface area contributed by atoms with E-state index in [2.05, 4.69) is 31.8 Å². The lowest BCUT2D eigenvalue weighted by Gasteiger charge is -2.09. The highest BCUT2D eigenvalue weighted by Crippen LogP contribution is 2.27. The van der Waals surface area contributed by atoms with Crippen LogP contribution in [-0.2, 0) is 4.79 Å². The summed E-state index contributed by atoms with van der Waals surface area (Å²) in [7, 11) is 4.55. The van der Waals surface area contributed by atoms with Gasteiger partial charge in [-0.05, 0) is 36.4 Å². The van der Waals surface area contributed by atoms with Gasteiger partial charge in [-0.25, -0.2) is 5.43 Å². The summed E-state index contributed by atoms with van der Waals surface area (Å²) in [6.07, 6.45) is 1.47. The van der Waals surface area contributed by atoms with Gasteiger partial charge >= 0.3 is 0 Å². The molecule has 0 aliphatic heterocycles. The normalized spacial score (nSPS) is 10.4. The number of benzene rings is 2. The van der Waals surface area contributed by atoms with Crippen LogP contribution in [0.4, 0.5) is 0 Å². The van der Waals surface area contributed by atoms with Gasteiger partial charge in [0.2, 0.25) is 0 Å². The molecule has 0 radical (unpaired) electrons. The van der Waals surface area contributed by atoms with Crippen molar-refractivity contribution in [3.05, 3.63) is 52.0 Å². The highest BCUT2D eigenvalue weighted by Gasteiger charge is 2.11. The molecule has 0 atom stereocenters. The maximum absolute atomic E-state index is 12.2. The van der Waals surface area contributed by atoms with Crippen LogP contribution < -0.4 is 25.0 Å². The highest BCUT2D eigenvalue weighted by atomic mass is 79.9. The number of rotatable bonds is 8. The lowest BCUT2D eigenvalue weighted by atomic mass is 10.2. The number of hydrogen-bond donors (Lipinski definition) is 2. The molecule has 2 amide bonds. The molecule has 2 aromatic carbocycles. The van der Waals surface area contributed by atoms with E-state index >= 15 is 0 Å². The highest BCUT2D eigenvalue weighted by molar-refractivity contribution is 9.10. The van der Waals surface area contributed by atoms with Crippen LogP contribution in [0.2, 0.25) is 0 Å². The van der Waals surface area contributed by atoms with Crippen molar-refractivity contribution in [2.24, 2.45) is 5.10 Å². The molecule has 0 heterocycles. The van der Waals surface area contributed by atoms with Crippen molar-refractivity contribution in [3.8, 4) is 17.2 Å². The third-order valence-corrected chi connectivity index (χ3v) is 4.37. The van der Waals surface area contributed by atoms with Crippen LogP contribution in [0.3, 0.4) is 0 Å². The Labute approximate surface area is 171 Å². The minimum Gasteiger partial charge on any atom is -0.497 e. The van der Waals surface area contributed by atoms with Gasteiger partial charge in [0.1, 0.15) is 5.75 Å². The van der Waals surface area contributed by atoms with Crippen LogP contribution in [0, 0.1) is 0 Å². The van der Waals surface area contributed by atoms with Crippen LogP contribution in [-0.4, -0.2) is 45.9 Å². The lowest BCUT2D eigenvalue weighted by molar-refractivity contribution is -0.120. The zero-order valence-electron chi connectivity index (χ0n) is 15.6. The van der Waals surface area contributed by atoms with E-state index < -0.39 is 11.8 Å². The number of nitrogens with one attached hydrogen (secondary N) is 2. The minimum atomic E-state index is -0.468. The van der Waals surface area contributed by atoms with Crippen molar-refractivity contribution < 1.29 is 23.8 Å². The maximum atomic E-state index is 12.2. The quantitative estimate of drug-likeness (QED) is 0.476. The van der Waals surface area contributed by atoms with Gasteiger partial charge in [-0.1, -0.05) is 15.9 Å². The molecular weight excluding hydrogens is 430 g/mol. The predicted octanol–water partition coefficient (Wildman–Crippen LogP) is 2.36. The van der Waals surface area contributed by atoms with Crippen LogP contribution in [0.1, 0.15) is 15.9 Å². The van der Waals surface area contributed by atoms with Crippen LogP contribution in [0.15, 0.2) is 46.0 Å². The van der Waals surface area contributed by atoms with Gasteiger partial charge in [-0.3, -0.25) is 9.59 Å². The molecule has 0 saturated heterocycles. The number of ether oxygens (including phenoxy) is 3. The summed E-state index contributed by atoms with van der Waals surface area (Å²) in [6, 6.07) is 10.1. The monoisotopic (exact) mass is 449 g/mol. The van der Waals surface area contributed by atoms with Gasteiger partial charge < -0.3 is 19.5 Å². The average Bonchev–Trinajstić information content (AvgIpc) is 2.72. The minimum absolute atomic E-state index is 0.232. The van der Waals surface area contributed by atoms with E-state index in [9.17, 15) is 9.59 Å². The van der Waals surface area contributed by atoms with Crippen molar-refractivity contribution in [2.45, 2.75) is 0 Å². The fourth-order valence-electron chi connectivity index (χ4n) is 2.20. The van der Waals surface area contributed by atoms with Crippen molar-refractivity contribution in [1.82, 2.24) is 10.7 Å². The molecule has 9 heteroatoms. The molecular formula is C19H20BrN3O5. The first-order valence-electron chi connectivity index (χ1n) is 8.14. The van der Waals surface area contributed by atoms with Crippen molar-refractivity contribution in [1.29, 1.82) is 0 Å². The second-order valence-electron chi connectivity index (χ2n) is 5.43. The summed E-state index contributed by atoms with van der Waals surface area (Å²) in [4.78, 5) is 24.1. The summed E-state index contributed by atoms with van der Waals surface area (Å²) >= 11 is 3.39. The lowest BCUT2D eigenvalue weighted by Crippen LogP contribution is -2.34. The Morgan fingerprint density at radius 2 is 1.79 bits per heavy atom. The zero-order valence-corrected chi connectivity index (χ0v) is 17.2. The Morgan fingerprint density at radius 3 is 2.46 bits per heavy atom. The van der Waals surface area contributed by atoms with Crippen molar-refractivity contribution in [2.75, 3.05) is 27.9 Å². The summed E-state index contributed by atoms with van der Waals surface area (Å²) in [5.41, 5.74) is 3.43. The number of carbonyl (C=O) groups is 2. The SMILES string of the molecule is COc1ccc(Br)c(/C=N\NC(=O)CNC(=O)c2ccc(OC)c(OC)c2)c1. The summed E-state index contributed by atoms with van der Waals surface area (Å²) < 4.78 is 16.2. The molecule has 8 nitrogen and oxygen atoms in total. The Balaban J connectivity index is 1.89. The molecule has 2 N–H and O–H groups in total. The van der Waals surface area contributed by atoms with E-state index in [1.165, 1.54) is 26.5 Å². The molecule has 28 heavy (non-hydrogen) atoms. The first kappa shape index (κ1) is 21.2. The van der Waals surface area contributed by atoms with E-state index in [4.69, 9.17) is 14.2 Å². The topological polar surface area (TPSA) is 98.2 Å². The summed E-state index contributed by atoms with van der Waals surface area (Å²) in [5.74, 6) is 0.709. The number of carbonyl (C=O) groups excluding carboxylic acids is 2. The molecule has 2 rings (SSSR count). The Kier molecular flexibility index (Phi) is 7.82. The van der Waals surface area contributed by atoms with Crippen molar-refractivity contribution >= 4 is 34.0 Å². The second-order valence-corrected chi connectivity index (χ2v) is 6.29. The standard InChI is InChI=1S/C19H20BrN3O5/c1-26-14-5-6-15(20)13(8-14)10-22-23-18(24)11-21-19(25)12-4-7-16(27-2)17(9-12)28-3/h4-10H,11H2,1-3H3,(H,21,25)(H,23,24)/b22-10-. The third kappa shape index (κ3) is 5.71. The average molecular weight is 450 g/mol. The first-order chi connectivity index (χ1) is 13.5. The molecule has 2 aromatic rings. The number of methoxy groups -OCH3 is 3. The Bertz CT molecular complexity index is 886. The maximum Gasteiger partial charge on any atom is 0.259 e. The van der Waals surface area contributed by atoms with Gasteiger partial charge in [-0.15, -0.1) is 0 Å². The molecule has 0 fully saturated rings. The molecule has 0 saturated carbocycles. The molecule has 0 aliphatic carbocycles. The van der Waals surface area contributed by atoms with Gasteiger partial charge in [0.15, 0.2) is 11.5 Å². The summed E-state index contributed by atoms with van der Waals surface area (Å²) in [6.45, 7) is -0.232. The smallest absolute Gasteiger partial charge is 0.259 e. The molecule has 0 bridgehead atoms. The predicted molar refractivity (Wildman–Crippen MR) is 108 cm³/mol. The molecule has 0 spiro atoms. The van der Waals surface area contributed by atoms with Gasteiger partial charge in [0.25, 0.3) is 11.8 Å². The molecule has 0 aliphatic rings. The van der Waals surface area contributed by atoms with E-state index in [0.29, 0.717) is 22.8 Å². The molecule has 0 aromatic heterocycles. The fourth-order valence-corrected chi connectivity index (χ4v) is 2.55. The fraction of sp³-hybridized carbons (Fsp3) is 0.211. The van der Waals surface area contributed by atoms with E-state index in [0.717, 1.165) is 10.0 Å². The third-order valence-electron chi connectivity index (χ3n) is 3.65. The van der Waals surface area contributed by atoms with Crippen LogP contribution in [0.5, 0.6) is 17.2 Å². The van der Waals surface area contributed by atoms with E-state index in [1.54, 1.807) is 31.4 Å². The number of hydrazone groups is 1. The molecule has 0 unspecified atom stereocenters. The number of amides is 2. The number of nitrogens with zero attached hydrogens (tertiary/aromatic N) is 1. The van der Waals surface area contributed by atoms with Gasteiger partial charge in [-0.2, -0.15) is 5.10 Å². The van der Waals surface area contributed by atoms with Gasteiger partial charge in [0.05, 0.1) is 34.1 Å². The number of hydrogen-bond acceptors (Lipinski definition) is 6. The Morgan fingerprint density at radius 1 is 1.04 bits per heavy atom. The second kappa shape index (κ2) is 10.3. The molecule has 148 valence electrons. The largest absolute Gasteiger partial charge is 0.497 e. The zero-order chi connectivity index (χ0) is 20.5. The van der Waals surface area contributed by atoms with Crippen LogP contribution >= 0.6 is 15.9 Å². The van der Waals surface area contributed by atoms with E-state index in [1.807, 2.05) is 6.07 Å². The number of halogens is 1. The van der Waals surface area contributed by atoms with E-state index in [-0.39, 0.29) is 6.54 Å².